The molecule has 0 aliphatic rings. The van der Waals surface area contributed by atoms with Crippen molar-refractivity contribution in [1.82, 2.24) is 0 Å². The molecule has 0 spiro atoms. The van der Waals surface area contributed by atoms with Crippen molar-refractivity contribution in [1.29, 1.82) is 5.41 Å². The van der Waals surface area contributed by atoms with E-state index in [9.17, 15) is 9.59 Å². The van der Waals surface area contributed by atoms with E-state index in [4.69, 9.17) is 15.9 Å². The topological polar surface area (TPSA) is 117 Å². The Labute approximate surface area is 187 Å². The zero-order chi connectivity index (χ0) is 23.1. The van der Waals surface area contributed by atoms with Crippen LogP contribution in [0.25, 0.3) is 0 Å². The first-order valence-corrected chi connectivity index (χ1v) is 10.1. The van der Waals surface area contributed by atoms with Crippen LogP contribution in [0.5, 0.6) is 5.75 Å². The van der Waals surface area contributed by atoms with Crippen LogP contribution in [0.15, 0.2) is 60.7 Å². The fraction of sp³-hybridized carbons (Fsp3) is 0.160. The number of ether oxygens (including phenoxy) is 1. The second kappa shape index (κ2) is 10.3. The number of nitrogens with two attached hydrogens (primary N) is 1. The number of amidine groups is 1. The van der Waals surface area contributed by atoms with Crippen LogP contribution in [0, 0.1) is 19.3 Å². The third-order valence-corrected chi connectivity index (χ3v) is 4.87. The van der Waals surface area contributed by atoms with Gasteiger partial charge in [-0.15, -0.1) is 0 Å². The fourth-order valence-corrected chi connectivity index (χ4v) is 3.23. The van der Waals surface area contributed by atoms with E-state index in [1.54, 1.807) is 24.3 Å². The molecule has 32 heavy (non-hydrogen) atoms. The minimum absolute atomic E-state index is 0.0172. The SMILES string of the molecule is Cc1ccc(OCC=O)c(CNc2ccc(C)cc2C(=O)Nc2ccc(C(=N)N)cc2)c1. The van der Waals surface area contributed by atoms with Gasteiger partial charge in [-0.25, -0.2) is 0 Å². The van der Waals surface area contributed by atoms with Gasteiger partial charge >= 0.3 is 0 Å². The smallest absolute Gasteiger partial charge is 0.257 e. The molecule has 0 heterocycles. The van der Waals surface area contributed by atoms with Crippen molar-refractivity contribution >= 4 is 29.4 Å². The van der Waals surface area contributed by atoms with Gasteiger partial charge in [0, 0.05) is 29.0 Å². The first-order valence-electron chi connectivity index (χ1n) is 10.1. The molecular formula is C25H26N4O3. The number of carbonyl (C=O) groups excluding carboxylic acids is 2. The van der Waals surface area contributed by atoms with Crippen molar-refractivity contribution in [2.45, 2.75) is 20.4 Å². The van der Waals surface area contributed by atoms with Crippen LogP contribution < -0.4 is 21.1 Å². The van der Waals surface area contributed by atoms with E-state index in [-0.39, 0.29) is 18.3 Å². The summed E-state index contributed by atoms with van der Waals surface area (Å²) in [5, 5.41) is 13.7. The first-order chi connectivity index (χ1) is 15.4. The van der Waals surface area contributed by atoms with Crippen molar-refractivity contribution in [3.63, 3.8) is 0 Å². The van der Waals surface area contributed by atoms with Crippen molar-refractivity contribution in [2.75, 3.05) is 17.2 Å². The Bertz CT molecular complexity index is 1140. The van der Waals surface area contributed by atoms with Gasteiger partial charge in [-0.1, -0.05) is 29.3 Å². The number of carbonyl (C=O) groups is 2. The number of nitrogen functional groups attached to an aromatic ring is 1. The summed E-state index contributed by atoms with van der Waals surface area (Å²) in [6, 6.07) is 18.2. The highest BCUT2D eigenvalue weighted by Crippen LogP contribution is 2.24. The van der Waals surface area contributed by atoms with Crippen molar-refractivity contribution in [3.05, 3.63) is 88.5 Å². The molecule has 1 amide bonds. The molecule has 3 aromatic carbocycles. The van der Waals surface area contributed by atoms with Crippen LogP contribution in [0.1, 0.15) is 32.6 Å². The molecule has 0 fully saturated rings. The van der Waals surface area contributed by atoms with Gasteiger partial charge in [-0.2, -0.15) is 0 Å². The maximum absolute atomic E-state index is 13.0. The predicted molar refractivity (Wildman–Crippen MR) is 127 cm³/mol. The number of aryl methyl sites for hydroxylation is 2. The Kier molecular flexibility index (Phi) is 7.23. The second-order valence-electron chi connectivity index (χ2n) is 7.44. The monoisotopic (exact) mass is 430 g/mol. The summed E-state index contributed by atoms with van der Waals surface area (Å²) in [4.78, 5) is 23.7. The minimum atomic E-state index is -0.256. The quantitative estimate of drug-likeness (QED) is 0.232. The lowest BCUT2D eigenvalue weighted by Crippen LogP contribution is -2.16. The van der Waals surface area contributed by atoms with Crippen LogP contribution in [0.2, 0.25) is 0 Å². The summed E-state index contributed by atoms with van der Waals surface area (Å²) in [6.45, 7) is 4.31. The molecule has 0 bridgehead atoms. The first kappa shape index (κ1) is 22.6. The van der Waals surface area contributed by atoms with Gasteiger partial charge in [-0.05, 0) is 56.3 Å². The van der Waals surface area contributed by atoms with Crippen LogP contribution in [0.3, 0.4) is 0 Å². The van der Waals surface area contributed by atoms with Crippen LogP contribution in [0.4, 0.5) is 11.4 Å². The van der Waals surface area contributed by atoms with Crippen LogP contribution >= 0.6 is 0 Å². The Hall–Kier alpha value is -4.13. The fourth-order valence-electron chi connectivity index (χ4n) is 3.23. The maximum Gasteiger partial charge on any atom is 0.257 e. The summed E-state index contributed by atoms with van der Waals surface area (Å²) in [6.07, 6.45) is 0.711. The molecule has 0 saturated heterocycles. The molecule has 3 rings (SSSR count). The number of benzene rings is 3. The van der Waals surface area contributed by atoms with E-state index in [0.717, 1.165) is 16.7 Å². The predicted octanol–water partition coefficient (Wildman–Crippen LogP) is 4.03. The van der Waals surface area contributed by atoms with Crippen molar-refractivity contribution in [3.8, 4) is 5.75 Å². The average Bonchev–Trinajstić information content (AvgIpc) is 2.78. The van der Waals surface area contributed by atoms with Gasteiger partial charge in [0.05, 0.1) is 5.56 Å². The molecule has 5 N–H and O–H groups in total. The number of hydrogen-bond acceptors (Lipinski definition) is 5. The second-order valence-corrected chi connectivity index (χ2v) is 7.44. The molecule has 7 heteroatoms. The largest absolute Gasteiger partial charge is 0.486 e. The van der Waals surface area contributed by atoms with Crippen LogP contribution in [-0.2, 0) is 11.3 Å². The maximum atomic E-state index is 13.0. The molecule has 0 aliphatic carbocycles. The molecule has 7 nitrogen and oxygen atoms in total. The number of rotatable bonds is 9. The normalized spacial score (nSPS) is 10.3. The van der Waals surface area contributed by atoms with E-state index in [0.29, 0.717) is 41.1 Å². The number of amides is 1. The Morgan fingerprint density at radius 3 is 2.41 bits per heavy atom. The van der Waals surface area contributed by atoms with E-state index >= 15 is 0 Å². The van der Waals surface area contributed by atoms with Crippen molar-refractivity contribution in [2.24, 2.45) is 5.73 Å². The lowest BCUT2D eigenvalue weighted by atomic mass is 10.1. The third kappa shape index (κ3) is 5.72. The summed E-state index contributed by atoms with van der Waals surface area (Å²) >= 11 is 0. The Morgan fingerprint density at radius 2 is 1.72 bits per heavy atom. The van der Waals surface area contributed by atoms with E-state index in [2.05, 4.69) is 10.6 Å². The van der Waals surface area contributed by atoms with E-state index in [1.807, 2.05) is 50.2 Å². The highest BCUT2D eigenvalue weighted by Gasteiger charge is 2.13. The van der Waals surface area contributed by atoms with Crippen LogP contribution in [-0.4, -0.2) is 24.6 Å². The zero-order valence-electron chi connectivity index (χ0n) is 18.1. The molecule has 0 atom stereocenters. The number of hydrogen-bond donors (Lipinski definition) is 4. The minimum Gasteiger partial charge on any atom is -0.486 e. The number of aldehydes is 1. The summed E-state index contributed by atoms with van der Waals surface area (Å²) in [7, 11) is 0. The lowest BCUT2D eigenvalue weighted by molar-refractivity contribution is -0.109. The number of anilines is 2. The molecule has 0 unspecified atom stereocenters. The molecule has 0 saturated carbocycles. The third-order valence-electron chi connectivity index (χ3n) is 4.87. The van der Waals surface area contributed by atoms with Gasteiger partial charge in [0.2, 0.25) is 0 Å². The standard InChI is InChI=1S/C25H26N4O3/c1-16-4-10-23(32-12-11-30)19(13-16)15-28-22-9-3-17(2)14-21(22)25(31)29-20-7-5-18(6-8-20)24(26)27/h3-11,13-14,28H,12,15H2,1-2H3,(H3,26,27)(H,29,31). The van der Waals surface area contributed by atoms with Gasteiger partial charge in [0.25, 0.3) is 5.91 Å². The zero-order valence-corrected chi connectivity index (χ0v) is 18.1. The summed E-state index contributed by atoms with van der Waals surface area (Å²) < 4.78 is 5.52. The van der Waals surface area contributed by atoms with Gasteiger partial charge < -0.3 is 21.1 Å². The van der Waals surface area contributed by atoms with Gasteiger partial charge in [0.15, 0.2) is 6.29 Å². The molecular weight excluding hydrogens is 404 g/mol. The summed E-state index contributed by atoms with van der Waals surface area (Å²) in [5.74, 6) is 0.341. The molecule has 0 radical (unpaired) electrons. The molecule has 3 aromatic rings. The van der Waals surface area contributed by atoms with Gasteiger partial charge in [-0.3, -0.25) is 15.0 Å². The number of nitrogens with one attached hydrogen (secondary N) is 3. The Balaban J connectivity index is 1.79. The van der Waals surface area contributed by atoms with Crippen molar-refractivity contribution < 1.29 is 14.3 Å². The average molecular weight is 431 g/mol. The summed E-state index contributed by atoms with van der Waals surface area (Å²) in [5.41, 5.74) is 10.8. The molecule has 0 aliphatic heterocycles. The molecule has 0 aromatic heterocycles. The van der Waals surface area contributed by atoms with Gasteiger partial charge in [0.1, 0.15) is 18.2 Å². The van der Waals surface area contributed by atoms with E-state index in [1.165, 1.54) is 0 Å². The highest BCUT2D eigenvalue weighted by molar-refractivity contribution is 6.08. The lowest BCUT2D eigenvalue weighted by Gasteiger charge is -2.16. The highest BCUT2D eigenvalue weighted by atomic mass is 16.5. The van der Waals surface area contributed by atoms with E-state index < -0.39 is 0 Å². The Morgan fingerprint density at radius 1 is 1.03 bits per heavy atom. The molecule has 164 valence electrons.